The van der Waals surface area contributed by atoms with E-state index in [9.17, 15) is 18.0 Å². The Bertz CT molecular complexity index is 829. The summed E-state index contributed by atoms with van der Waals surface area (Å²) in [5, 5.41) is 6.00. The Morgan fingerprint density at radius 1 is 1.07 bits per heavy atom. The van der Waals surface area contributed by atoms with Crippen LogP contribution < -0.4 is 15.4 Å². The van der Waals surface area contributed by atoms with Crippen LogP contribution in [0.5, 0.6) is 5.75 Å². The summed E-state index contributed by atoms with van der Waals surface area (Å²) >= 11 is 0. The van der Waals surface area contributed by atoms with Crippen molar-refractivity contribution >= 4 is 11.6 Å². The third kappa shape index (κ3) is 5.65. The molecule has 2 aromatic carbocycles. The maximum atomic E-state index is 13.2. The number of carbonyl (C=O) groups is 1. The molecule has 1 saturated carbocycles. The lowest BCUT2D eigenvalue weighted by atomic mass is 9.95. The Morgan fingerprint density at radius 2 is 1.76 bits per heavy atom. The highest BCUT2D eigenvalue weighted by atomic mass is 19.4. The molecule has 2 N–H and O–H groups in total. The van der Waals surface area contributed by atoms with Crippen molar-refractivity contribution in [3.8, 4) is 5.75 Å². The molecule has 1 aliphatic rings. The number of nitrogens with one attached hydrogen (secondary N) is 2. The number of rotatable bonds is 6. The molecule has 156 valence electrons. The SMILES string of the molecule is COc1ccc(CNC(=O)c2cc(C(F)(F)F)ccc2NC2CCCCC2)cc1. The van der Waals surface area contributed by atoms with Crippen molar-refractivity contribution in [2.24, 2.45) is 0 Å². The highest BCUT2D eigenvalue weighted by Gasteiger charge is 2.32. The van der Waals surface area contributed by atoms with Gasteiger partial charge in [0.25, 0.3) is 5.91 Å². The highest BCUT2D eigenvalue weighted by molar-refractivity contribution is 5.99. The molecule has 3 rings (SSSR count). The van der Waals surface area contributed by atoms with Gasteiger partial charge in [-0.05, 0) is 48.7 Å². The number of anilines is 1. The minimum atomic E-state index is -4.51. The smallest absolute Gasteiger partial charge is 0.416 e. The van der Waals surface area contributed by atoms with Gasteiger partial charge in [0.15, 0.2) is 0 Å². The first-order valence-corrected chi connectivity index (χ1v) is 9.76. The van der Waals surface area contributed by atoms with Crippen LogP contribution in [0.1, 0.15) is 53.6 Å². The summed E-state index contributed by atoms with van der Waals surface area (Å²) in [6.07, 6.45) is 0.727. The van der Waals surface area contributed by atoms with Crippen LogP contribution in [0.15, 0.2) is 42.5 Å². The molecule has 2 aromatic rings. The number of amides is 1. The van der Waals surface area contributed by atoms with Crippen LogP contribution in [0.25, 0.3) is 0 Å². The van der Waals surface area contributed by atoms with E-state index in [1.165, 1.54) is 12.5 Å². The summed E-state index contributed by atoms with van der Waals surface area (Å²) in [5.41, 5.74) is 0.449. The third-order valence-corrected chi connectivity index (χ3v) is 5.17. The van der Waals surface area contributed by atoms with Gasteiger partial charge in [0.1, 0.15) is 5.75 Å². The van der Waals surface area contributed by atoms with Crippen LogP contribution in [0, 0.1) is 0 Å². The molecule has 0 heterocycles. The first-order chi connectivity index (χ1) is 13.9. The largest absolute Gasteiger partial charge is 0.497 e. The van der Waals surface area contributed by atoms with Crippen LogP contribution in [-0.2, 0) is 12.7 Å². The third-order valence-electron chi connectivity index (χ3n) is 5.17. The highest BCUT2D eigenvalue weighted by Crippen LogP contribution is 2.33. The van der Waals surface area contributed by atoms with Gasteiger partial charge >= 0.3 is 6.18 Å². The molecule has 0 atom stereocenters. The van der Waals surface area contributed by atoms with Gasteiger partial charge in [0, 0.05) is 18.3 Å². The van der Waals surface area contributed by atoms with E-state index in [1.807, 2.05) is 0 Å². The zero-order valence-corrected chi connectivity index (χ0v) is 16.3. The van der Waals surface area contributed by atoms with E-state index in [4.69, 9.17) is 4.74 Å². The van der Waals surface area contributed by atoms with Crippen molar-refractivity contribution in [2.45, 2.75) is 50.9 Å². The van der Waals surface area contributed by atoms with Crippen LogP contribution in [-0.4, -0.2) is 19.1 Å². The average Bonchev–Trinajstić information content (AvgIpc) is 2.72. The topological polar surface area (TPSA) is 50.4 Å². The summed E-state index contributed by atoms with van der Waals surface area (Å²) in [5.74, 6) is 0.155. The van der Waals surface area contributed by atoms with Crippen molar-refractivity contribution < 1.29 is 22.7 Å². The van der Waals surface area contributed by atoms with Crippen molar-refractivity contribution in [3.63, 3.8) is 0 Å². The maximum Gasteiger partial charge on any atom is 0.416 e. The molecule has 1 aliphatic carbocycles. The molecule has 0 saturated heterocycles. The first kappa shape index (κ1) is 21.0. The second-order valence-corrected chi connectivity index (χ2v) is 7.27. The number of benzene rings is 2. The standard InChI is InChI=1S/C22H25F3N2O2/c1-29-18-10-7-15(8-11-18)14-26-21(28)19-13-16(22(23,24)25)9-12-20(19)27-17-5-3-2-4-6-17/h7-13,17,27H,2-6,14H2,1H3,(H,26,28). The summed E-state index contributed by atoms with van der Waals surface area (Å²) in [4.78, 5) is 12.7. The van der Waals surface area contributed by atoms with Crippen molar-refractivity contribution in [3.05, 3.63) is 59.2 Å². The van der Waals surface area contributed by atoms with Crippen molar-refractivity contribution in [1.82, 2.24) is 5.32 Å². The van der Waals surface area contributed by atoms with Gasteiger partial charge in [-0.1, -0.05) is 31.4 Å². The molecule has 0 bridgehead atoms. The predicted octanol–water partition coefficient (Wildman–Crippen LogP) is 5.39. The normalized spacial score (nSPS) is 15.0. The summed E-state index contributed by atoms with van der Waals surface area (Å²) < 4.78 is 44.6. The average molecular weight is 406 g/mol. The van der Waals surface area contributed by atoms with Gasteiger partial charge < -0.3 is 15.4 Å². The Kier molecular flexibility index (Phi) is 6.67. The fraction of sp³-hybridized carbons (Fsp3) is 0.409. The molecule has 1 amide bonds. The van der Waals surface area contributed by atoms with Gasteiger partial charge in [-0.3, -0.25) is 4.79 Å². The lowest BCUT2D eigenvalue weighted by Gasteiger charge is -2.25. The number of halogens is 3. The van der Waals surface area contributed by atoms with E-state index < -0.39 is 17.6 Å². The molecule has 1 fully saturated rings. The molecule has 4 nitrogen and oxygen atoms in total. The zero-order chi connectivity index (χ0) is 20.9. The quantitative estimate of drug-likeness (QED) is 0.676. The summed E-state index contributed by atoms with van der Waals surface area (Å²) in [6, 6.07) is 10.6. The Balaban J connectivity index is 1.77. The molecule has 0 aliphatic heterocycles. The lowest BCUT2D eigenvalue weighted by Crippen LogP contribution is -2.27. The van der Waals surface area contributed by atoms with Crippen molar-refractivity contribution in [2.75, 3.05) is 12.4 Å². The Morgan fingerprint density at radius 3 is 2.38 bits per heavy atom. The van der Waals surface area contributed by atoms with E-state index in [2.05, 4.69) is 10.6 Å². The molecular formula is C22H25F3N2O2. The number of methoxy groups -OCH3 is 1. The van der Waals surface area contributed by atoms with Gasteiger partial charge in [0.2, 0.25) is 0 Å². The lowest BCUT2D eigenvalue weighted by molar-refractivity contribution is -0.137. The number of hydrogen-bond donors (Lipinski definition) is 2. The molecule has 0 unspecified atom stereocenters. The first-order valence-electron chi connectivity index (χ1n) is 9.76. The minimum Gasteiger partial charge on any atom is -0.497 e. The number of ether oxygens (including phenoxy) is 1. The van der Waals surface area contributed by atoms with Crippen LogP contribution in [0.4, 0.5) is 18.9 Å². The maximum absolute atomic E-state index is 13.2. The zero-order valence-electron chi connectivity index (χ0n) is 16.3. The summed E-state index contributed by atoms with van der Waals surface area (Å²) in [7, 11) is 1.56. The number of hydrogen-bond acceptors (Lipinski definition) is 3. The second kappa shape index (κ2) is 9.20. The molecule has 0 radical (unpaired) electrons. The minimum absolute atomic E-state index is 0.0129. The van der Waals surface area contributed by atoms with E-state index in [0.29, 0.717) is 11.4 Å². The monoisotopic (exact) mass is 406 g/mol. The van der Waals surface area contributed by atoms with Gasteiger partial charge in [-0.2, -0.15) is 13.2 Å². The van der Waals surface area contributed by atoms with E-state index in [0.717, 1.165) is 43.4 Å². The Hall–Kier alpha value is -2.70. The number of carbonyl (C=O) groups excluding carboxylic acids is 1. The molecule has 7 heteroatoms. The van der Waals surface area contributed by atoms with E-state index in [1.54, 1.807) is 31.4 Å². The molecule has 29 heavy (non-hydrogen) atoms. The van der Waals surface area contributed by atoms with Gasteiger partial charge in [-0.25, -0.2) is 0 Å². The van der Waals surface area contributed by atoms with Crippen LogP contribution >= 0.6 is 0 Å². The fourth-order valence-electron chi connectivity index (χ4n) is 3.52. The van der Waals surface area contributed by atoms with Gasteiger partial charge in [-0.15, -0.1) is 0 Å². The van der Waals surface area contributed by atoms with Crippen LogP contribution in [0.3, 0.4) is 0 Å². The predicted molar refractivity (Wildman–Crippen MR) is 106 cm³/mol. The van der Waals surface area contributed by atoms with Crippen LogP contribution in [0.2, 0.25) is 0 Å². The Labute approximate surface area is 168 Å². The van der Waals surface area contributed by atoms with E-state index in [-0.39, 0.29) is 18.2 Å². The molecule has 0 spiro atoms. The summed E-state index contributed by atoms with van der Waals surface area (Å²) in [6.45, 7) is 0.210. The number of alkyl halides is 3. The molecular weight excluding hydrogens is 381 g/mol. The van der Waals surface area contributed by atoms with Crippen molar-refractivity contribution in [1.29, 1.82) is 0 Å². The second-order valence-electron chi connectivity index (χ2n) is 7.27. The van der Waals surface area contributed by atoms with Gasteiger partial charge in [0.05, 0.1) is 18.2 Å². The fourth-order valence-corrected chi connectivity index (χ4v) is 3.52. The van der Waals surface area contributed by atoms with E-state index >= 15 is 0 Å². The molecule has 0 aromatic heterocycles.